The van der Waals surface area contributed by atoms with Crippen LogP contribution in [0.1, 0.15) is 27.2 Å². The van der Waals surface area contributed by atoms with Crippen molar-refractivity contribution in [2.75, 3.05) is 19.7 Å². The van der Waals surface area contributed by atoms with E-state index >= 15 is 0 Å². The lowest BCUT2D eigenvalue weighted by atomic mass is 10.0. The highest BCUT2D eigenvalue weighted by molar-refractivity contribution is 9.09. The zero-order chi connectivity index (χ0) is 11.4. The van der Waals surface area contributed by atoms with Gasteiger partial charge in [-0.25, -0.2) is 4.79 Å². The first kappa shape index (κ1) is 12.8. The number of hydrogen-bond donors (Lipinski definition) is 0. The molecule has 4 heteroatoms. The van der Waals surface area contributed by atoms with Crippen LogP contribution in [0.15, 0.2) is 0 Å². The number of hydrogen-bond acceptors (Lipinski definition) is 2. The highest BCUT2D eigenvalue weighted by Gasteiger charge is 2.27. The van der Waals surface area contributed by atoms with Gasteiger partial charge in [-0.2, -0.15) is 0 Å². The van der Waals surface area contributed by atoms with Gasteiger partial charge in [-0.1, -0.05) is 36.7 Å². The molecule has 2 unspecified atom stereocenters. The molecule has 1 amide bonds. The Kier molecular flexibility index (Phi) is 4.90. The van der Waals surface area contributed by atoms with Crippen molar-refractivity contribution in [3.8, 4) is 0 Å². The van der Waals surface area contributed by atoms with Crippen molar-refractivity contribution in [2.24, 2.45) is 11.8 Å². The molecule has 0 bridgehead atoms. The van der Waals surface area contributed by atoms with Crippen LogP contribution in [0.25, 0.3) is 0 Å². The average molecular weight is 278 g/mol. The van der Waals surface area contributed by atoms with Crippen molar-refractivity contribution in [1.82, 2.24) is 4.90 Å². The third-order valence-electron chi connectivity index (χ3n) is 2.60. The molecule has 2 atom stereocenters. The molecule has 15 heavy (non-hydrogen) atoms. The first-order chi connectivity index (χ1) is 7.00. The van der Waals surface area contributed by atoms with Gasteiger partial charge in [0.2, 0.25) is 0 Å². The van der Waals surface area contributed by atoms with E-state index in [1.807, 2.05) is 18.7 Å². The second-order valence-electron chi connectivity index (χ2n) is 4.70. The maximum absolute atomic E-state index is 11.6. The molecule has 0 aromatic heterocycles. The van der Waals surface area contributed by atoms with E-state index in [2.05, 4.69) is 22.9 Å². The lowest BCUT2D eigenvalue weighted by Gasteiger charge is -2.33. The van der Waals surface area contributed by atoms with Gasteiger partial charge >= 0.3 is 6.09 Å². The summed E-state index contributed by atoms with van der Waals surface area (Å²) in [6.45, 7) is 8.36. The molecule has 0 aromatic carbocycles. The largest absolute Gasteiger partial charge is 0.449 e. The van der Waals surface area contributed by atoms with E-state index in [0.29, 0.717) is 23.3 Å². The summed E-state index contributed by atoms with van der Waals surface area (Å²) in [6.07, 6.45) is 0.854. The van der Waals surface area contributed by atoms with Gasteiger partial charge in [0.25, 0.3) is 0 Å². The van der Waals surface area contributed by atoms with Crippen molar-refractivity contribution in [3.63, 3.8) is 0 Å². The Labute approximate surface area is 100 Å². The number of rotatable bonds is 2. The molecule has 88 valence electrons. The smallest absolute Gasteiger partial charge is 0.409 e. The maximum atomic E-state index is 11.6. The third kappa shape index (κ3) is 4.01. The second kappa shape index (κ2) is 5.73. The summed E-state index contributed by atoms with van der Waals surface area (Å²) in [7, 11) is 0. The first-order valence-electron chi connectivity index (χ1n) is 5.56. The molecular formula is C11H20BrNO2. The lowest BCUT2D eigenvalue weighted by molar-refractivity contribution is 0.0792. The van der Waals surface area contributed by atoms with Gasteiger partial charge < -0.3 is 9.64 Å². The average Bonchev–Trinajstić information content (AvgIpc) is 2.18. The Bertz CT molecular complexity index is 221. The van der Waals surface area contributed by atoms with Crippen LogP contribution >= 0.6 is 15.9 Å². The Morgan fingerprint density at radius 3 is 2.80 bits per heavy atom. The molecule has 0 saturated carbocycles. The van der Waals surface area contributed by atoms with Crippen LogP contribution in [0.2, 0.25) is 0 Å². The number of carbonyl (C=O) groups excluding carboxylic acids is 1. The highest BCUT2D eigenvalue weighted by Crippen LogP contribution is 2.23. The molecule has 1 rings (SSSR count). The number of carbonyl (C=O) groups is 1. The fourth-order valence-electron chi connectivity index (χ4n) is 1.61. The Hall–Kier alpha value is -0.250. The van der Waals surface area contributed by atoms with Crippen LogP contribution in [-0.4, -0.2) is 35.5 Å². The van der Waals surface area contributed by atoms with E-state index in [1.54, 1.807) is 0 Å². The van der Waals surface area contributed by atoms with E-state index in [9.17, 15) is 4.79 Å². The van der Waals surface area contributed by atoms with Gasteiger partial charge in [0, 0.05) is 17.9 Å². The van der Waals surface area contributed by atoms with Gasteiger partial charge in [0.15, 0.2) is 0 Å². The third-order valence-corrected chi connectivity index (χ3v) is 3.96. The van der Waals surface area contributed by atoms with Crippen LogP contribution in [0.5, 0.6) is 0 Å². The molecule has 3 nitrogen and oxygen atoms in total. The number of piperidine rings is 1. The molecule has 0 N–H and O–H groups in total. The molecule has 0 aromatic rings. The summed E-state index contributed by atoms with van der Waals surface area (Å²) < 4.78 is 5.20. The topological polar surface area (TPSA) is 29.5 Å². The zero-order valence-electron chi connectivity index (χ0n) is 9.70. The van der Waals surface area contributed by atoms with Crippen LogP contribution in [0.3, 0.4) is 0 Å². The number of likely N-dealkylation sites (tertiary alicyclic amines) is 1. The van der Waals surface area contributed by atoms with Gasteiger partial charge in [0.1, 0.15) is 0 Å². The quantitative estimate of drug-likeness (QED) is 0.727. The highest BCUT2D eigenvalue weighted by atomic mass is 79.9. The monoisotopic (exact) mass is 277 g/mol. The fraction of sp³-hybridized carbons (Fsp3) is 0.909. The fourth-order valence-corrected chi connectivity index (χ4v) is 1.98. The van der Waals surface area contributed by atoms with Gasteiger partial charge in [-0.15, -0.1) is 0 Å². The van der Waals surface area contributed by atoms with Crippen LogP contribution in [-0.2, 0) is 4.74 Å². The van der Waals surface area contributed by atoms with Crippen molar-refractivity contribution < 1.29 is 9.53 Å². The van der Waals surface area contributed by atoms with Crippen LogP contribution in [0, 0.1) is 11.8 Å². The summed E-state index contributed by atoms with van der Waals surface area (Å²) in [5.41, 5.74) is 0. The van der Waals surface area contributed by atoms with Crippen LogP contribution < -0.4 is 0 Å². The van der Waals surface area contributed by atoms with Crippen LogP contribution in [0.4, 0.5) is 4.79 Å². The molecular weight excluding hydrogens is 258 g/mol. The standard InChI is InChI=1S/C11H20BrNO2/c1-8(2)7-15-11(14)13-5-4-10(12)9(3)6-13/h8-10H,4-7H2,1-3H3. The Morgan fingerprint density at radius 1 is 1.60 bits per heavy atom. The molecule has 1 aliphatic heterocycles. The molecule has 1 saturated heterocycles. The molecule has 1 aliphatic rings. The molecule has 0 aliphatic carbocycles. The number of ether oxygens (including phenoxy) is 1. The molecule has 1 heterocycles. The molecule has 0 radical (unpaired) electrons. The normalized spacial score (nSPS) is 26.9. The first-order valence-corrected chi connectivity index (χ1v) is 6.48. The summed E-state index contributed by atoms with van der Waals surface area (Å²) in [6, 6.07) is 0. The summed E-state index contributed by atoms with van der Waals surface area (Å²) in [5.74, 6) is 0.908. The predicted molar refractivity (Wildman–Crippen MR) is 64.3 cm³/mol. The predicted octanol–water partition coefficient (Wildman–Crippen LogP) is 2.88. The minimum absolute atomic E-state index is 0.157. The number of halogens is 1. The zero-order valence-corrected chi connectivity index (χ0v) is 11.3. The Morgan fingerprint density at radius 2 is 2.27 bits per heavy atom. The maximum Gasteiger partial charge on any atom is 0.409 e. The van der Waals surface area contributed by atoms with Gasteiger partial charge in [0.05, 0.1) is 6.61 Å². The molecule has 1 fully saturated rings. The van der Waals surface area contributed by atoms with E-state index < -0.39 is 0 Å². The summed E-state index contributed by atoms with van der Waals surface area (Å²) in [4.78, 5) is 14.0. The number of alkyl halides is 1. The van der Waals surface area contributed by atoms with E-state index in [-0.39, 0.29) is 6.09 Å². The van der Waals surface area contributed by atoms with Crippen molar-refractivity contribution in [3.05, 3.63) is 0 Å². The van der Waals surface area contributed by atoms with E-state index in [4.69, 9.17) is 4.74 Å². The minimum atomic E-state index is -0.157. The number of amides is 1. The van der Waals surface area contributed by atoms with Crippen molar-refractivity contribution in [1.29, 1.82) is 0 Å². The Balaban J connectivity index is 2.34. The molecule has 0 spiro atoms. The lowest BCUT2D eigenvalue weighted by Crippen LogP contribution is -2.43. The minimum Gasteiger partial charge on any atom is -0.449 e. The van der Waals surface area contributed by atoms with E-state index in [1.165, 1.54) is 0 Å². The van der Waals surface area contributed by atoms with E-state index in [0.717, 1.165) is 19.5 Å². The van der Waals surface area contributed by atoms with Gasteiger partial charge in [-0.3, -0.25) is 0 Å². The van der Waals surface area contributed by atoms with Crippen molar-refractivity contribution >= 4 is 22.0 Å². The van der Waals surface area contributed by atoms with Crippen molar-refractivity contribution in [2.45, 2.75) is 32.0 Å². The summed E-state index contributed by atoms with van der Waals surface area (Å²) >= 11 is 3.61. The SMILES string of the molecule is CC(C)COC(=O)N1CCC(Br)C(C)C1. The number of nitrogens with zero attached hydrogens (tertiary/aromatic N) is 1. The second-order valence-corrected chi connectivity index (χ2v) is 5.87. The summed E-state index contributed by atoms with van der Waals surface area (Å²) in [5, 5.41) is 0. The van der Waals surface area contributed by atoms with Gasteiger partial charge in [-0.05, 0) is 18.3 Å².